The molecule has 3 heterocycles. The first-order chi connectivity index (χ1) is 13.6. The van der Waals surface area contributed by atoms with E-state index in [4.69, 9.17) is 18.6 Å². The van der Waals surface area contributed by atoms with Crippen LogP contribution in [0.1, 0.15) is 34.5 Å². The summed E-state index contributed by atoms with van der Waals surface area (Å²) in [5, 5.41) is 7.12. The van der Waals surface area contributed by atoms with Crippen LogP contribution < -0.4 is 19.5 Å². The smallest absolute Gasteiger partial charge is 0.287 e. The van der Waals surface area contributed by atoms with E-state index >= 15 is 0 Å². The van der Waals surface area contributed by atoms with Gasteiger partial charge in [0.25, 0.3) is 5.91 Å². The quantitative estimate of drug-likeness (QED) is 0.675. The number of aromatic nitrogens is 2. The average molecular weight is 383 g/mol. The molecule has 28 heavy (non-hydrogen) atoms. The van der Waals surface area contributed by atoms with Crippen molar-refractivity contribution in [1.82, 2.24) is 15.1 Å². The predicted molar refractivity (Wildman–Crippen MR) is 99.4 cm³/mol. The highest BCUT2D eigenvalue weighted by atomic mass is 16.7. The number of hydrogen-bond acceptors (Lipinski definition) is 6. The molecule has 0 atom stereocenters. The second-order valence-electron chi connectivity index (χ2n) is 6.32. The first-order valence-corrected chi connectivity index (χ1v) is 9.04. The monoisotopic (exact) mass is 383 g/mol. The molecular formula is C20H21N3O5. The van der Waals surface area contributed by atoms with Crippen molar-refractivity contribution >= 4 is 5.91 Å². The van der Waals surface area contributed by atoms with Crippen LogP contribution in [0.4, 0.5) is 0 Å². The summed E-state index contributed by atoms with van der Waals surface area (Å²) in [4.78, 5) is 12.3. The van der Waals surface area contributed by atoms with Gasteiger partial charge in [0, 0.05) is 30.4 Å². The molecule has 146 valence electrons. The molecule has 1 N–H and O–H groups in total. The van der Waals surface area contributed by atoms with Crippen LogP contribution in [-0.2, 0) is 19.7 Å². The van der Waals surface area contributed by atoms with Gasteiger partial charge in [-0.15, -0.1) is 0 Å². The molecule has 0 saturated heterocycles. The Morgan fingerprint density at radius 1 is 1.25 bits per heavy atom. The van der Waals surface area contributed by atoms with Crippen LogP contribution >= 0.6 is 0 Å². The summed E-state index contributed by atoms with van der Waals surface area (Å²) in [6.07, 6.45) is 1.77. The maximum atomic E-state index is 12.3. The summed E-state index contributed by atoms with van der Waals surface area (Å²) >= 11 is 0. The molecule has 1 aliphatic rings. The third kappa shape index (κ3) is 3.66. The second kappa shape index (κ2) is 7.67. The molecule has 0 saturated carbocycles. The molecule has 4 rings (SSSR count). The zero-order valence-corrected chi connectivity index (χ0v) is 15.7. The van der Waals surface area contributed by atoms with E-state index in [2.05, 4.69) is 10.4 Å². The number of rotatable bonds is 7. The highest BCUT2D eigenvalue weighted by Crippen LogP contribution is 2.35. The van der Waals surface area contributed by atoms with Crippen molar-refractivity contribution in [1.29, 1.82) is 0 Å². The average Bonchev–Trinajstić information content (AvgIpc) is 3.44. The van der Waals surface area contributed by atoms with Crippen LogP contribution in [0.25, 0.3) is 0 Å². The first kappa shape index (κ1) is 18.0. The molecule has 8 heteroatoms. The van der Waals surface area contributed by atoms with Crippen LogP contribution in [0.15, 0.2) is 40.9 Å². The highest BCUT2D eigenvalue weighted by Gasteiger charge is 2.15. The Kier molecular flexibility index (Phi) is 4.92. The van der Waals surface area contributed by atoms with E-state index in [-0.39, 0.29) is 25.1 Å². The summed E-state index contributed by atoms with van der Waals surface area (Å²) in [7, 11) is 0. The molecule has 2 aromatic heterocycles. The summed E-state index contributed by atoms with van der Waals surface area (Å²) in [5.74, 6) is 2.50. The molecule has 1 aliphatic heterocycles. The van der Waals surface area contributed by atoms with Crippen molar-refractivity contribution in [2.45, 2.75) is 33.5 Å². The molecule has 0 spiro atoms. The van der Waals surface area contributed by atoms with Gasteiger partial charge in [0.1, 0.15) is 18.1 Å². The zero-order chi connectivity index (χ0) is 19.5. The van der Waals surface area contributed by atoms with Crippen LogP contribution in [0.2, 0.25) is 0 Å². The number of nitrogens with zero attached hydrogens (tertiary/aromatic N) is 2. The minimum absolute atomic E-state index is 0.204. The maximum absolute atomic E-state index is 12.3. The Morgan fingerprint density at radius 2 is 2.11 bits per heavy atom. The second-order valence-corrected chi connectivity index (χ2v) is 6.32. The van der Waals surface area contributed by atoms with Gasteiger partial charge in [0.15, 0.2) is 17.3 Å². The molecule has 8 nitrogen and oxygen atoms in total. The van der Waals surface area contributed by atoms with Gasteiger partial charge < -0.3 is 23.9 Å². The molecule has 0 aliphatic carbocycles. The molecule has 0 unspecified atom stereocenters. The van der Waals surface area contributed by atoms with Gasteiger partial charge in [-0.2, -0.15) is 5.10 Å². The normalized spacial score (nSPS) is 12.2. The lowest BCUT2D eigenvalue weighted by Crippen LogP contribution is -2.22. The summed E-state index contributed by atoms with van der Waals surface area (Å²) < 4.78 is 23.8. The number of fused-ring (bicyclic) bond motifs is 1. The van der Waals surface area contributed by atoms with E-state index in [1.807, 2.05) is 18.5 Å². The Labute approximate surface area is 162 Å². The van der Waals surface area contributed by atoms with Crippen LogP contribution in [0, 0.1) is 6.92 Å². The predicted octanol–water partition coefficient (Wildman–Crippen LogP) is 3.04. The minimum atomic E-state index is -0.280. The van der Waals surface area contributed by atoms with Gasteiger partial charge in [-0.25, -0.2) is 0 Å². The van der Waals surface area contributed by atoms with E-state index in [1.165, 1.54) is 0 Å². The number of aryl methyl sites for hydroxylation is 1. The van der Waals surface area contributed by atoms with Gasteiger partial charge in [0.05, 0.1) is 6.20 Å². The fraction of sp³-hybridized carbons (Fsp3) is 0.300. The van der Waals surface area contributed by atoms with E-state index in [9.17, 15) is 4.79 Å². The van der Waals surface area contributed by atoms with E-state index in [0.717, 1.165) is 17.8 Å². The number of ether oxygens (including phenoxy) is 3. The van der Waals surface area contributed by atoms with Gasteiger partial charge in [-0.05, 0) is 38.1 Å². The van der Waals surface area contributed by atoms with Gasteiger partial charge in [-0.3, -0.25) is 9.48 Å². The fourth-order valence-electron chi connectivity index (χ4n) is 2.94. The first-order valence-electron chi connectivity index (χ1n) is 9.04. The SMILES string of the molecule is CCn1ncc(CNC(=O)c2ccc(COc3ccc4c(c3)OCO4)o2)c1C. The maximum Gasteiger partial charge on any atom is 0.287 e. The lowest BCUT2D eigenvalue weighted by molar-refractivity contribution is 0.0919. The summed E-state index contributed by atoms with van der Waals surface area (Å²) in [6, 6.07) is 8.71. The van der Waals surface area contributed by atoms with E-state index < -0.39 is 0 Å². The third-order valence-electron chi connectivity index (χ3n) is 4.55. The molecule has 3 aromatic rings. The number of carbonyl (C=O) groups is 1. The number of nitrogens with one attached hydrogen (secondary N) is 1. The number of amides is 1. The number of benzene rings is 1. The van der Waals surface area contributed by atoms with E-state index in [0.29, 0.717) is 29.6 Å². The minimum Gasteiger partial charge on any atom is -0.486 e. The van der Waals surface area contributed by atoms with Crippen LogP contribution in [0.3, 0.4) is 0 Å². The largest absolute Gasteiger partial charge is 0.486 e. The topological polar surface area (TPSA) is 87.8 Å². The Hall–Kier alpha value is -3.42. The van der Waals surface area contributed by atoms with E-state index in [1.54, 1.807) is 36.5 Å². The summed E-state index contributed by atoms with van der Waals surface area (Å²) in [5.41, 5.74) is 2.02. The number of hydrogen-bond donors (Lipinski definition) is 1. The van der Waals surface area contributed by atoms with Crippen LogP contribution in [0.5, 0.6) is 17.2 Å². The van der Waals surface area contributed by atoms with Gasteiger partial charge >= 0.3 is 0 Å². The highest BCUT2D eigenvalue weighted by molar-refractivity contribution is 5.91. The van der Waals surface area contributed by atoms with Crippen molar-refractivity contribution in [3.8, 4) is 17.2 Å². The van der Waals surface area contributed by atoms with Gasteiger partial charge in [-0.1, -0.05) is 0 Å². The molecule has 0 radical (unpaired) electrons. The lowest BCUT2D eigenvalue weighted by atomic mass is 10.2. The summed E-state index contributed by atoms with van der Waals surface area (Å²) in [6.45, 7) is 5.62. The molecule has 0 fully saturated rings. The molecule has 1 amide bonds. The molecular weight excluding hydrogens is 362 g/mol. The molecule has 0 bridgehead atoms. The lowest BCUT2D eigenvalue weighted by Gasteiger charge is -2.05. The van der Waals surface area contributed by atoms with Crippen molar-refractivity contribution in [2.75, 3.05) is 6.79 Å². The third-order valence-corrected chi connectivity index (χ3v) is 4.55. The molecule has 1 aromatic carbocycles. The zero-order valence-electron chi connectivity index (χ0n) is 15.7. The van der Waals surface area contributed by atoms with Crippen molar-refractivity contribution in [3.05, 3.63) is 59.3 Å². The Bertz CT molecular complexity index is 992. The Balaban J connectivity index is 1.32. The standard InChI is InChI=1S/C20H21N3O5/c1-3-23-13(2)14(10-22-23)9-21-20(24)18-7-5-16(28-18)11-25-15-4-6-17-19(8-15)27-12-26-17/h4-8,10H,3,9,11-12H2,1-2H3,(H,21,24). The van der Waals surface area contributed by atoms with Crippen molar-refractivity contribution in [2.24, 2.45) is 0 Å². The van der Waals surface area contributed by atoms with Gasteiger partial charge in [0.2, 0.25) is 6.79 Å². The number of carbonyl (C=O) groups excluding carboxylic acids is 1. The van der Waals surface area contributed by atoms with Crippen molar-refractivity contribution < 1.29 is 23.4 Å². The Morgan fingerprint density at radius 3 is 2.93 bits per heavy atom. The van der Waals surface area contributed by atoms with Crippen LogP contribution in [-0.4, -0.2) is 22.5 Å². The fourth-order valence-corrected chi connectivity index (χ4v) is 2.94. The number of furan rings is 1. The van der Waals surface area contributed by atoms with Crippen molar-refractivity contribution in [3.63, 3.8) is 0 Å².